The monoisotopic (exact) mass is 259 g/mol. The van der Waals surface area contributed by atoms with Crippen LogP contribution in [-0.2, 0) is 18.9 Å². The molecule has 2 saturated heterocycles. The van der Waals surface area contributed by atoms with Crippen LogP contribution in [0.5, 0.6) is 0 Å². The van der Waals surface area contributed by atoms with E-state index in [0.29, 0.717) is 6.61 Å². The highest BCUT2D eigenvalue weighted by Crippen LogP contribution is 2.33. The van der Waals surface area contributed by atoms with Gasteiger partial charge < -0.3 is 24.1 Å². The number of methoxy groups -OCH3 is 1. The molecule has 2 aliphatic heterocycles. The van der Waals surface area contributed by atoms with Gasteiger partial charge in [0.25, 0.3) is 0 Å². The molecule has 8 heteroatoms. The molecule has 2 fully saturated rings. The molecule has 2 unspecified atom stereocenters. The van der Waals surface area contributed by atoms with Crippen LogP contribution in [0.25, 0.3) is 10.4 Å². The number of fused-ring (bicyclic) bond motifs is 1. The molecule has 2 heterocycles. The molecule has 0 aromatic carbocycles. The summed E-state index contributed by atoms with van der Waals surface area (Å²) in [7, 11) is 1.41. The average molecular weight is 259 g/mol. The van der Waals surface area contributed by atoms with E-state index in [2.05, 4.69) is 10.0 Å². The lowest BCUT2D eigenvalue weighted by Crippen LogP contribution is -2.64. The largest absolute Gasteiger partial charge is 0.387 e. The molecule has 0 radical (unpaired) electrons. The second kappa shape index (κ2) is 5.00. The molecule has 0 aromatic heterocycles. The minimum Gasteiger partial charge on any atom is -0.387 e. The van der Waals surface area contributed by atoms with Crippen LogP contribution in [0.15, 0.2) is 5.11 Å². The van der Waals surface area contributed by atoms with Gasteiger partial charge in [-0.2, -0.15) is 0 Å². The topological polar surface area (TPSA) is 106 Å². The summed E-state index contributed by atoms with van der Waals surface area (Å²) in [6.07, 6.45) is -2.90. The molecule has 0 spiro atoms. The Balaban J connectivity index is 2.23. The van der Waals surface area contributed by atoms with Crippen molar-refractivity contribution in [3.8, 4) is 0 Å². The Labute approximate surface area is 104 Å². The van der Waals surface area contributed by atoms with Gasteiger partial charge in [-0.3, -0.25) is 0 Å². The zero-order valence-corrected chi connectivity index (χ0v) is 10.5. The lowest BCUT2D eigenvalue weighted by Gasteiger charge is -2.48. The lowest BCUT2D eigenvalue weighted by molar-refractivity contribution is -0.362. The Morgan fingerprint density at radius 2 is 2.22 bits per heavy atom. The van der Waals surface area contributed by atoms with Crippen molar-refractivity contribution >= 4 is 0 Å². The second-order valence-corrected chi connectivity index (χ2v) is 4.76. The first kappa shape index (κ1) is 13.5. The second-order valence-electron chi connectivity index (χ2n) is 4.76. The third-order valence-electron chi connectivity index (χ3n) is 3.07. The van der Waals surface area contributed by atoms with Gasteiger partial charge in [0.05, 0.1) is 12.6 Å². The third kappa shape index (κ3) is 2.44. The molecule has 0 aliphatic carbocycles. The number of hydrogen-bond acceptors (Lipinski definition) is 6. The van der Waals surface area contributed by atoms with Crippen molar-refractivity contribution in [2.75, 3.05) is 13.7 Å². The number of ether oxygens (including phenoxy) is 4. The fourth-order valence-electron chi connectivity index (χ4n) is 2.22. The molecule has 18 heavy (non-hydrogen) atoms. The number of aliphatic hydroxyl groups excluding tert-OH is 1. The summed E-state index contributed by atoms with van der Waals surface area (Å²) in [5.41, 5.74) is 8.59. The Bertz CT molecular complexity index is 357. The third-order valence-corrected chi connectivity index (χ3v) is 3.07. The highest BCUT2D eigenvalue weighted by atomic mass is 16.8. The summed E-state index contributed by atoms with van der Waals surface area (Å²) in [6.45, 7) is 3.80. The predicted octanol–water partition coefficient (Wildman–Crippen LogP) is 0.549. The van der Waals surface area contributed by atoms with Crippen LogP contribution in [0.2, 0.25) is 0 Å². The molecule has 0 bridgehead atoms. The van der Waals surface area contributed by atoms with Crippen molar-refractivity contribution in [2.24, 2.45) is 5.11 Å². The molecule has 2 rings (SSSR count). The average Bonchev–Trinajstić information content (AvgIpc) is 2.32. The van der Waals surface area contributed by atoms with Crippen LogP contribution in [0.1, 0.15) is 13.8 Å². The Hall–Kier alpha value is -0.890. The maximum absolute atomic E-state index is 10.0. The minimum atomic E-state index is -1.07. The highest BCUT2D eigenvalue weighted by Gasteiger charge is 2.50. The number of nitrogens with zero attached hydrogens (tertiary/aromatic N) is 3. The van der Waals surface area contributed by atoms with Gasteiger partial charge in [-0.15, -0.1) is 0 Å². The van der Waals surface area contributed by atoms with Crippen LogP contribution in [-0.4, -0.2) is 55.3 Å². The zero-order valence-electron chi connectivity index (χ0n) is 10.5. The fraction of sp³-hybridized carbons (Fsp3) is 1.00. The summed E-state index contributed by atoms with van der Waals surface area (Å²) in [5.74, 6) is -0.798. The van der Waals surface area contributed by atoms with Gasteiger partial charge in [0.2, 0.25) is 0 Å². The van der Waals surface area contributed by atoms with Crippen LogP contribution in [0.4, 0.5) is 0 Å². The van der Waals surface area contributed by atoms with E-state index in [0.717, 1.165) is 0 Å². The molecule has 1 N–H and O–H groups in total. The first-order valence-corrected chi connectivity index (χ1v) is 5.71. The van der Waals surface area contributed by atoms with Crippen molar-refractivity contribution in [3.63, 3.8) is 0 Å². The first-order valence-electron chi connectivity index (χ1n) is 5.71. The van der Waals surface area contributed by atoms with Gasteiger partial charge in [0.15, 0.2) is 12.1 Å². The van der Waals surface area contributed by atoms with E-state index in [4.69, 9.17) is 24.5 Å². The summed E-state index contributed by atoms with van der Waals surface area (Å²) in [4.78, 5) is 2.75. The summed E-state index contributed by atoms with van der Waals surface area (Å²) >= 11 is 0. The van der Waals surface area contributed by atoms with Gasteiger partial charge in [-0.1, -0.05) is 5.11 Å². The van der Waals surface area contributed by atoms with Crippen LogP contribution in [0.3, 0.4) is 0 Å². The fourth-order valence-corrected chi connectivity index (χ4v) is 2.22. The van der Waals surface area contributed by atoms with Gasteiger partial charge in [0.1, 0.15) is 18.3 Å². The van der Waals surface area contributed by atoms with Crippen molar-refractivity contribution in [2.45, 2.75) is 50.3 Å². The van der Waals surface area contributed by atoms with Crippen LogP contribution in [0, 0.1) is 0 Å². The highest BCUT2D eigenvalue weighted by molar-refractivity contribution is 4.97. The van der Waals surface area contributed by atoms with Crippen LogP contribution >= 0.6 is 0 Å². The normalized spacial score (nSPS) is 42.8. The number of hydrogen-bond donors (Lipinski definition) is 1. The quantitative estimate of drug-likeness (QED) is 0.443. The molecule has 0 saturated carbocycles. The van der Waals surface area contributed by atoms with Gasteiger partial charge in [0, 0.05) is 12.0 Å². The maximum Gasteiger partial charge on any atom is 0.184 e. The standard InChI is InChI=1S/C10H17N3O5/c1-10(2)16-4-5-8(18-10)6(12-13-11)7(14)9(15-3)17-5/h5-9,14H,4H2,1-3H3/t5?,6?,7-,8+,9+/m0/s1. The van der Waals surface area contributed by atoms with E-state index >= 15 is 0 Å². The SMILES string of the molecule is CO[C@@H]1OC2COC(C)(C)O[C@H]2C(N=[N+]=[N-])[C@@H]1O. The van der Waals surface area contributed by atoms with Crippen molar-refractivity contribution in [1.29, 1.82) is 0 Å². The molecular formula is C10H17N3O5. The zero-order chi connectivity index (χ0) is 13.3. The van der Waals surface area contributed by atoms with Crippen molar-refractivity contribution in [1.82, 2.24) is 0 Å². The summed E-state index contributed by atoms with van der Waals surface area (Å²) in [5, 5.41) is 13.6. The first-order chi connectivity index (χ1) is 8.48. The van der Waals surface area contributed by atoms with Gasteiger partial charge in [-0.25, -0.2) is 0 Å². The molecule has 5 atom stereocenters. The van der Waals surface area contributed by atoms with E-state index in [1.807, 2.05) is 0 Å². The molecule has 8 nitrogen and oxygen atoms in total. The molecule has 0 aromatic rings. The molecule has 102 valence electrons. The van der Waals surface area contributed by atoms with E-state index in [1.165, 1.54) is 7.11 Å². The van der Waals surface area contributed by atoms with Gasteiger partial charge in [-0.05, 0) is 19.4 Å². The number of azide groups is 1. The van der Waals surface area contributed by atoms with E-state index in [-0.39, 0.29) is 0 Å². The lowest BCUT2D eigenvalue weighted by atomic mass is 9.95. The molecule has 0 amide bonds. The van der Waals surface area contributed by atoms with E-state index in [1.54, 1.807) is 13.8 Å². The predicted molar refractivity (Wildman–Crippen MR) is 59.5 cm³/mol. The van der Waals surface area contributed by atoms with Crippen molar-refractivity contribution in [3.05, 3.63) is 10.4 Å². The Morgan fingerprint density at radius 1 is 1.50 bits per heavy atom. The smallest absolute Gasteiger partial charge is 0.184 e. The Morgan fingerprint density at radius 3 is 2.83 bits per heavy atom. The van der Waals surface area contributed by atoms with Crippen molar-refractivity contribution < 1.29 is 24.1 Å². The minimum absolute atomic E-state index is 0.293. The number of aliphatic hydroxyl groups is 1. The number of rotatable bonds is 2. The summed E-state index contributed by atoms with van der Waals surface area (Å²) in [6, 6.07) is -0.762. The van der Waals surface area contributed by atoms with E-state index < -0.39 is 36.4 Å². The maximum atomic E-state index is 10.0. The molecule has 2 aliphatic rings. The molecular weight excluding hydrogens is 242 g/mol. The summed E-state index contributed by atoms with van der Waals surface area (Å²) < 4.78 is 21.7. The van der Waals surface area contributed by atoms with Crippen LogP contribution < -0.4 is 0 Å². The van der Waals surface area contributed by atoms with E-state index in [9.17, 15) is 5.11 Å². The van der Waals surface area contributed by atoms with Gasteiger partial charge >= 0.3 is 0 Å². The Kier molecular flexibility index (Phi) is 3.76.